The highest BCUT2D eigenvalue weighted by atomic mass is 16.5. The van der Waals surface area contributed by atoms with Crippen LogP contribution in [0, 0.1) is 6.92 Å². The van der Waals surface area contributed by atoms with Gasteiger partial charge >= 0.3 is 0 Å². The normalized spacial score (nSPS) is 11.2. The van der Waals surface area contributed by atoms with Crippen LogP contribution in [-0.2, 0) is 19.6 Å². The molecule has 0 saturated heterocycles. The van der Waals surface area contributed by atoms with Crippen LogP contribution in [0.5, 0.6) is 5.75 Å². The minimum absolute atomic E-state index is 0.486. The number of aliphatic imine (C=N–C) groups is 1. The van der Waals surface area contributed by atoms with Crippen LogP contribution in [0.3, 0.4) is 0 Å². The van der Waals surface area contributed by atoms with Crippen LogP contribution in [0.1, 0.15) is 29.4 Å². The Hall–Kier alpha value is -3.54. The highest BCUT2D eigenvalue weighted by molar-refractivity contribution is 5.79. The number of nitrogens with one attached hydrogen (secondary N) is 2. The van der Waals surface area contributed by atoms with Crippen molar-refractivity contribution in [2.45, 2.75) is 33.5 Å². The Labute approximate surface area is 184 Å². The predicted octanol–water partition coefficient (Wildman–Crippen LogP) is 4.06. The summed E-state index contributed by atoms with van der Waals surface area (Å²) in [7, 11) is 0. The average molecular weight is 418 g/mol. The molecular formula is C25H31N5O. The molecule has 0 spiro atoms. The van der Waals surface area contributed by atoms with Crippen molar-refractivity contribution in [3.05, 3.63) is 96.1 Å². The fourth-order valence-corrected chi connectivity index (χ4v) is 3.22. The monoisotopic (exact) mass is 417 g/mol. The molecule has 0 aliphatic rings. The zero-order valence-corrected chi connectivity index (χ0v) is 18.3. The molecule has 0 unspecified atom stereocenters. The summed E-state index contributed by atoms with van der Waals surface area (Å²) in [5.74, 6) is 2.64. The Bertz CT molecular complexity index is 1010. The molecule has 1 heterocycles. The van der Waals surface area contributed by atoms with E-state index in [1.54, 1.807) is 6.08 Å². The van der Waals surface area contributed by atoms with Gasteiger partial charge in [-0.15, -0.1) is 0 Å². The molecule has 6 nitrogen and oxygen atoms in total. The van der Waals surface area contributed by atoms with Crippen LogP contribution in [0.4, 0.5) is 0 Å². The van der Waals surface area contributed by atoms with Gasteiger partial charge in [0.15, 0.2) is 5.96 Å². The van der Waals surface area contributed by atoms with Crippen LogP contribution in [0.25, 0.3) is 0 Å². The molecule has 0 atom stereocenters. The van der Waals surface area contributed by atoms with Crippen molar-refractivity contribution >= 4 is 5.96 Å². The summed E-state index contributed by atoms with van der Waals surface area (Å²) in [6.45, 7) is 11.1. The molecule has 31 heavy (non-hydrogen) atoms. The second kappa shape index (κ2) is 11.6. The van der Waals surface area contributed by atoms with Gasteiger partial charge in [-0.25, -0.2) is 9.98 Å². The number of aryl methyl sites for hydroxylation is 1. The molecule has 1 aromatic heterocycles. The lowest BCUT2D eigenvalue weighted by Crippen LogP contribution is -2.36. The van der Waals surface area contributed by atoms with Crippen molar-refractivity contribution < 1.29 is 4.74 Å². The van der Waals surface area contributed by atoms with Gasteiger partial charge in [-0.3, -0.25) is 0 Å². The van der Waals surface area contributed by atoms with Crippen LogP contribution in [0.15, 0.2) is 78.6 Å². The maximum atomic E-state index is 5.75. The third-order valence-electron chi connectivity index (χ3n) is 4.81. The number of imidazole rings is 1. The van der Waals surface area contributed by atoms with E-state index in [2.05, 4.69) is 64.0 Å². The average Bonchev–Trinajstić information content (AvgIpc) is 3.19. The summed E-state index contributed by atoms with van der Waals surface area (Å²) in [6, 6.07) is 16.5. The highest BCUT2D eigenvalue weighted by Gasteiger charge is 2.05. The van der Waals surface area contributed by atoms with Gasteiger partial charge in [0.05, 0.1) is 6.54 Å². The smallest absolute Gasteiger partial charge is 0.191 e. The largest absolute Gasteiger partial charge is 0.489 e. The number of benzene rings is 2. The van der Waals surface area contributed by atoms with Gasteiger partial charge in [-0.1, -0.05) is 55.1 Å². The number of para-hydroxylation sites is 1. The van der Waals surface area contributed by atoms with E-state index in [-0.39, 0.29) is 0 Å². The first kappa shape index (κ1) is 22.2. The molecule has 6 heteroatoms. The maximum absolute atomic E-state index is 5.75. The number of nitrogens with zero attached hydrogens (tertiary/aromatic N) is 3. The van der Waals surface area contributed by atoms with Gasteiger partial charge in [0.1, 0.15) is 18.2 Å². The summed E-state index contributed by atoms with van der Waals surface area (Å²) < 4.78 is 7.89. The van der Waals surface area contributed by atoms with E-state index in [4.69, 9.17) is 9.73 Å². The molecule has 2 N–H and O–H groups in total. The fraction of sp³-hybridized carbons (Fsp3) is 0.280. The zero-order chi connectivity index (χ0) is 21.9. The van der Waals surface area contributed by atoms with Crippen LogP contribution >= 0.6 is 0 Å². The minimum atomic E-state index is 0.486. The summed E-state index contributed by atoms with van der Waals surface area (Å²) >= 11 is 0. The molecule has 0 bridgehead atoms. The van der Waals surface area contributed by atoms with Crippen molar-refractivity contribution in [1.82, 2.24) is 20.2 Å². The molecule has 3 aromatic rings. The summed E-state index contributed by atoms with van der Waals surface area (Å²) in [5, 5.41) is 6.72. The van der Waals surface area contributed by atoms with Crippen LogP contribution in [-0.4, -0.2) is 28.7 Å². The molecule has 0 amide bonds. The number of rotatable bonds is 10. The second-order valence-electron chi connectivity index (χ2n) is 7.18. The first-order chi connectivity index (χ1) is 15.2. The van der Waals surface area contributed by atoms with Crippen LogP contribution < -0.4 is 15.4 Å². The molecule has 3 rings (SSSR count). The van der Waals surface area contributed by atoms with Gasteiger partial charge in [0.2, 0.25) is 0 Å². The van der Waals surface area contributed by atoms with Crippen molar-refractivity contribution in [1.29, 1.82) is 0 Å². The van der Waals surface area contributed by atoms with E-state index in [1.165, 1.54) is 11.1 Å². The third kappa shape index (κ3) is 6.74. The van der Waals surface area contributed by atoms with E-state index in [9.17, 15) is 0 Å². The third-order valence-corrected chi connectivity index (χ3v) is 4.81. The van der Waals surface area contributed by atoms with Gasteiger partial charge in [-0.05, 0) is 31.0 Å². The van der Waals surface area contributed by atoms with Gasteiger partial charge in [0.25, 0.3) is 0 Å². The van der Waals surface area contributed by atoms with E-state index >= 15 is 0 Å². The van der Waals surface area contributed by atoms with E-state index < -0.39 is 0 Å². The summed E-state index contributed by atoms with van der Waals surface area (Å²) in [5.41, 5.74) is 3.48. The Morgan fingerprint density at radius 2 is 2.00 bits per heavy atom. The zero-order valence-electron chi connectivity index (χ0n) is 18.3. The number of ether oxygens (including phenoxy) is 1. The molecule has 2 aromatic carbocycles. The Morgan fingerprint density at radius 3 is 2.77 bits per heavy atom. The SMILES string of the molecule is C=CCOc1ccccc1CNC(=NCc1cccc(Cn2ccnc2C)c1)NCC. The maximum Gasteiger partial charge on any atom is 0.191 e. The van der Waals surface area contributed by atoms with Crippen LogP contribution in [0.2, 0.25) is 0 Å². The van der Waals surface area contributed by atoms with Gasteiger partial charge in [0, 0.05) is 37.6 Å². The molecular weight excluding hydrogens is 386 g/mol. The van der Waals surface area contributed by atoms with Crippen molar-refractivity contribution in [3.63, 3.8) is 0 Å². The van der Waals surface area contributed by atoms with Gasteiger partial charge < -0.3 is 19.9 Å². The first-order valence-electron chi connectivity index (χ1n) is 10.6. The molecule has 0 radical (unpaired) electrons. The van der Waals surface area contributed by atoms with E-state index in [0.29, 0.717) is 19.7 Å². The fourth-order valence-electron chi connectivity index (χ4n) is 3.22. The van der Waals surface area contributed by atoms with Crippen molar-refractivity contribution in [2.24, 2.45) is 4.99 Å². The van der Waals surface area contributed by atoms with Crippen molar-refractivity contribution in [2.75, 3.05) is 13.2 Å². The Balaban J connectivity index is 1.64. The molecule has 0 aliphatic heterocycles. The lowest BCUT2D eigenvalue weighted by Gasteiger charge is -2.14. The Morgan fingerprint density at radius 1 is 1.16 bits per heavy atom. The predicted molar refractivity (Wildman–Crippen MR) is 126 cm³/mol. The van der Waals surface area contributed by atoms with Gasteiger partial charge in [-0.2, -0.15) is 0 Å². The Kier molecular flexibility index (Phi) is 8.29. The minimum Gasteiger partial charge on any atom is -0.489 e. The van der Waals surface area contributed by atoms with Crippen molar-refractivity contribution in [3.8, 4) is 5.75 Å². The quantitative estimate of drug-likeness (QED) is 0.297. The molecule has 0 saturated carbocycles. The molecule has 162 valence electrons. The molecule has 0 fully saturated rings. The lowest BCUT2D eigenvalue weighted by atomic mass is 10.1. The number of aromatic nitrogens is 2. The topological polar surface area (TPSA) is 63.5 Å². The van der Waals surface area contributed by atoms with E-state index in [0.717, 1.165) is 36.2 Å². The molecule has 0 aliphatic carbocycles. The summed E-state index contributed by atoms with van der Waals surface area (Å²) in [4.78, 5) is 9.06. The number of hydrogen-bond donors (Lipinski definition) is 2. The summed E-state index contributed by atoms with van der Waals surface area (Å²) in [6.07, 6.45) is 5.58. The van der Waals surface area contributed by atoms with E-state index in [1.807, 2.05) is 37.5 Å². The number of guanidine groups is 1. The standard InChI is InChI=1S/C25H31N5O/c1-4-15-31-24-12-7-6-11-23(24)18-29-25(26-5-2)28-17-21-9-8-10-22(16-21)19-30-14-13-27-20(30)3/h4,6-14,16H,1,5,15,17-19H2,2-3H3,(H2,26,28,29). The first-order valence-corrected chi connectivity index (χ1v) is 10.6. The highest BCUT2D eigenvalue weighted by Crippen LogP contribution is 2.17. The number of hydrogen-bond acceptors (Lipinski definition) is 3. The second-order valence-corrected chi connectivity index (χ2v) is 7.18. The lowest BCUT2D eigenvalue weighted by molar-refractivity contribution is 0.358.